The van der Waals surface area contributed by atoms with Crippen LogP contribution in [0.2, 0.25) is 0 Å². The summed E-state index contributed by atoms with van der Waals surface area (Å²) in [5.74, 6) is -1.75. The fourth-order valence-corrected chi connectivity index (χ4v) is 4.16. The second-order valence-corrected chi connectivity index (χ2v) is 8.42. The SMILES string of the molecule is CC(=O)O[C@H]1[C@H](OC(=O)c2ccccc2)[C@@H](n2cnc3c(N)ncnc32)O[C@@H]1COC(=O)c1ccccc1. The Balaban J connectivity index is 1.48. The summed E-state index contributed by atoms with van der Waals surface area (Å²) in [6.45, 7) is 0.933. The minimum absolute atomic E-state index is 0.148. The number of nitrogens with two attached hydrogens (primary N) is 1. The molecule has 0 radical (unpaired) electrons. The van der Waals surface area contributed by atoms with Crippen molar-refractivity contribution in [2.45, 2.75) is 31.5 Å². The minimum Gasteiger partial charge on any atom is -0.459 e. The van der Waals surface area contributed by atoms with Crippen LogP contribution in [0.5, 0.6) is 0 Å². The summed E-state index contributed by atoms with van der Waals surface area (Å²) >= 11 is 0. The lowest BCUT2D eigenvalue weighted by molar-refractivity contribution is -0.154. The van der Waals surface area contributed by atoms with Gasteiger partial charge in [-0.05, 0) is 24.3 Å². The number of hydrogen-bond acceptors (Lipinski definition) is 11. The molecule has 2 aromatic carbocycles. The molecule has 0 unspecified atom stereocenters. The maximum Gasteiger partial charge on any atom is 0.338 e. The molecular formula is C26H23N5O7. The lowest BCUT2D eigenvalue weighted by Crippen LogP contribution is -2.41. The molecule has 2 aromatic heterocycles. The Bertz CT molecular complexity index is 1460. The Hall–Kier alpha value is -4.84. The number of anilines is 1. The highest BCUT2D eigenvalue weighted by Gasteiger charge is 2.51. The zero-order chi connectivity index (χ0) is 26.6. The number of aromatic nitrogens is 4. The topological polar surface area (TPSA) is 158 Å². The third-order valence-corrected chi connectivity index (χ3v) is 5.89. The molecule has 3 heterocycles. The van der Waals surface area contributed by atoms with Gasteiger partial charge in [-0.15, -0.1) is 0 Å². The van der Waals surface area contributed by atoms with Gasteiger partial charge in [-0.25, -0.2) is 24.5 Å². The second kappa shape index (κ2) is 10.6. The Morgan fingerprint density at radius 1 is 0.895 bits per heavy atom. The van der Waals surface area contributed by atoms with E-state index in [-0.39, 0.29) is 18.0 Å². The molecule has 1 saturated heterocycles. The third-order valence-electron chi connectivity index (χ3n) is 5.89. The van der Waals surface area contributed by atoms with Gasteiger partial charge in [0.1, 0.15) is 24.6 Å². The van der Waals surface area contributed by atoms with Crippen LogP contribution in [-0.2, 0) is 23.7 Å². The largest absolute Gasteiger partial charge is 0.459 e. The maximum atomic E-state index is 13.0. The van der Waals surface area contributed by atoms with Crippen LogP contribution < -0.4 is 5.73 Å². The van der Waals surface area contributed by atoms with Crippen LogP contribution in [0, 0.1) is 0 Å². The summed E-state index contributed by atoms with van der Waals surface area (Å²) in [7, 11) is 0. The first-order valence-electron chi connectivity index (χ1n) is 11.7. The van der Waals surface area contributed by atoms with E-state index in [2.05, 4.69) is 15.0 Å². The Labute approximate surface area is 216 Å². The molecule has 0 saturated carbocycles. The highest BCUT2D eigenvalue weighted by molar-refractivity contribution is 5.90. The number of fused-ring (bicyclic) bond motifs is 1. The van der Waals surface area contributed by atoms with Gasteiger partial charge in [0.15, 0.2) is 29.9 Å². The van der Waals surface area contributed by atoms with Gasteiger partial charge in [0, 0.05) is 6.92 Å². The van der Waals surface area contributed by atoms with Gasteiger partial charge in [-0.2, -0.15) is 0 Å². The zero-order valence-corrected chi connectivity index (χ0v) is 20.2. The molecule has 38 heavy (non-hydrogen) atoms. The minimum atomic E-state index is -1.15. The highest BCUT2D eigenvalue weighted by atomic mass is 16.7. The molecule has 0 amide bonds. The summed E-state index contributed by atoms with van der Waals surface area (Å²) in [5, 5.41) is 0. The number of carbonyl (C=O) groups is 3. The predicted octanol–water partition coefficient (Wildman–Crippen LogP) is 2.32. The number of nitrogen functional groups attached to an aromatic ring is 1. The molecule has 4 atom stereocenters. The first-order valence-corrected chi connectivity index (χ1v) is 11.7. The Kier molecular flexibility index (Phi) is 6.96. The summed E-state index contributed by atoms with van der Waals surface area (Å²) in [6, 6.07) is 16.7. The fraction of sp³-hybridized carbons (Fsp3) is 0.231. The summed E-state index contributed by atoms with van der Waals surface area (Å²) < 4.78 is 24.6. The second-order valence-electron chi connectivity index (χ2n) is 8.42. The van der Waals surface area contributed by atoms with Crippen LogP contribution in [0.3, 0.4) is 0 Å². The van der Waals surface area contributed by atoms with E-state index in [1.807, 2.05) is 0 Å². The number of benzene rings is 2. The Morgan fingerprint density at radius 2 is 1.55 bits per heavy atom. The summed E-state index contributed by atoms with van der Waals surface area (Å²) in [6.07, 6.45) is -1.63. The van der Waals surface area contributed by atoms with E-state index in [4.69, 9.17) is 24.7 Å². The van der Waals surface area contributed by atoms with Crippen molar-refractivity contribution in [3.8, 4) is 0 Å². The van der Waals surface area contributed by atoms with Gasteiger partial charge in [0.05, 0.1) is 17.5 Å². The predicted molar refractivity (Wildman–Crippen MR) is 132 cm³/mol. The van der Waals surface area contributed by atoms with Crippen molar-refractivity contribution in [2.24, 2.45) is 0 Å². The average Bonchev–Trinajstić information content (AvgIpc) is 3.50. The van der Waals surface area contributed by atoms with Gasteiger partial charge in [0.2, 0.25) is 0 Å². The molecule has 4 aromatic rings. The van der Waals surface area contributed by atoms with Crippen molar-refractivity contribution >= 4 is 34.9 Å². The van der Waals surface area contributed by atoms with Crippen LogP contribution in [0.1, 0.15) is 33.9 Å². The van der Waals surface area contributed by atoms with Crippen molar-refractivity contribution < 1.29 is 33.3 Å². The number of carbonyl (C=O) groups excluding carboxylic acids is 3. The van der Waals surface area contributed by atoms with Crippen molar-refractivity contribution in [1.29, 1.82) is 0 Å². The molecule has 1 aliphatic heterocycles. The zero-order valence-electron chi connectivity index (χ0n) is 20.2. The normalized spacial score (nSPS) is 20.7. The molecule has 0 bridgehead atoms. The fourth-order valence-electron chi connectivity index (χ4n) is 4.16. The molecule has 194 valence electrons. The number of rotatable bonds is 7. The summed E-state index contributed by atoms with van der Waals surface area (Å²) in [4.78, 5) is 50.1. The van der Waals surface area contributed by atoms with Gasteiger partial charge >= 0.3 is 17.9 Å². The summed E-state index contributed by atoms with van der Waals surface area (Å²) in [5.41, 5.74) is 7.19. The van der Waals surface area contributed by atoms with E-state index in [0.29, 0.717) is 16.7 Å². The van der Waals surface area contributed by atoms with Crippen LogP contribution in [-0.4, -0.2) is 62.3 Å². The Morgan fingerprint density at radius 3 is 2.21 bits per heavy atom. The van der Waals surface area contributed by atoms with E-state index in [0.717, 1.165) is 0 Å². The van der Waals surface area contributed by atoms with Gasteiger partial charge in [-0.1, -0.05) is 36.4 Å². The highest BCUT2D eigenvalue weighted by Crippen LogP contribution is 2.36. The number of imidazole rings is 1. The van der Waals surface area contributed by atoms with Crippen molar-refractivity contribution in [2.75, 3.05) is 12.3 Å². The lowest BCUT2D eigenvalue weighted by atomic mass is 10.1. The van der Waals surface area contributed by atoms with Crippen LogP contribution in [0.4, 0.5) is 5.82 Å². The number of hydrogen-bond donors (Lipinski definition) is 1. The van der Waals surface area contributed by atoms with Crippen LogP contribution >= 0.6 is 0 Å². The van der Waals surface area contributed by atoms with Crippen LogP contribution in [0.25, 0.3) is 11.2 Å². The molecule has 2 N–H and O–H groups in total. The van der Waals surface area contributed by atoms with Crippen molar-refractivity contribution in [3.05, 3.63) is 84.4 Å². The quantitative estimate of drug-likeness (QED) is 0.283. The molecule has 12 nitrogen and oxygen atoms in total. The first kappa shape index (κ1) is 24.8. The molecule has 1 fully saturated rings. The maximum absolute atomic E-state index is 13.0. The number of ether oxygens (including phenoxy) is 4. The molecule has 0 spiro atoms. The monoisotopic (exact) mass is 517 g/mol. The van der Waals surface area contributed by atoms with Crippen molar-refractivity contribution in [3.63, 3.8) is 0 Å². The molecule has 0 aliphatic carbocycles. The molecule has 1 aliphatic rings. The van der Waals surface area contributed by atoms with Crippen molar-refractivity contribution in [1.82, 2.24) is 19.5 Å². The standard InChI is InChI=1S/C26H23N5O7/c1-15(32)36-20-18(12-35-25(33)16-8-4-2-5-9-16)37-24(21(20)38-26(34)17-10-6-3-7-11-17)31-14-30-19-22(27)28-13-29-23(19)31/h2-11,13-14,18,20-21,24H,12H2,1H3,(H2,27,28,29)/t18-,20-,21+,24+/m1/s1. The van der Waals surface area contributed by atoms with E-state index >= 15 is 0 Å². The third kappa shape index (κ3) is 5.02. The van der Waals surface area contributed by atoms with E-state index in [1.165, 1.54) is 24.1 Å². The van der Waals surface area contributed by atoms with E-state index in [9.17, 15) is 14.4 Å². The molecular weight excluding hydrogens is 494 g/mol. The van der Waals surface area contributed by atoms with Gasteiger partial charge < -0.3 is 24.7 Å². The first-order chi connectivity index (χ1) is 18.4. The lowest BCUT2D eigenvalue weighted by Gasteiger charge is -2.24. The number of nitrogens with zero attached hydrogens (tertiary/aromatic N) is 4. The van der Waals surface area contributed by atoms with Gasteiger partial charge in [-0.3, -0.25) is 9.36 Å². The van der Waals surface area contributed by atoms with Crippen LogP contribution in [0.15, 0.2) is 73.3 Å². The van der Waals surface area contributed by atoms with E-state index in [1.54, 1.807) is 60.7 Å². The average molecular weight is 517 g/mol. The smallest absolute Gasteiger partial charge is 0.338 e. The van der Waals surface area contributed by atoms with Gasteiger partial charge in [0.25, 0.3) is 0 Å². The van der Waals surface area contributed by atoms with E-state index < -0.39 is 42.4 Å². The molecule has 12 heteroatoms. The molecule has 5 rings (SSSR count). The number of esters is 3.